The smallest absolute Gasteiger partial charge is 0.491 e. The van der Waals surface area contributed by atoms with Crippen molar-refractivity contribution in [2.45, 2.75) is 0 Å². The van der Waals surface area contributed by atoms with Crippen molar-refractivity contribution in [1.82, 2.24) is 9.19 Å². The molecule has 0 aliphatic carbocycles. The van der Waals surface area contributed by atoms with E-state index in [-0.39, 0.29) is 22.6 Å². The molecule has 0 bridgehead atoms. The SMILES string of the molecule is COCCOCCOCCOCCOc1ccc(C(=O)Oc2ccc(C(=O)Oc3ccc(C#Cc4cn5[n+](c4)[B][n+]4cc(C#Cc6ccc(OC(=O)c7ccc(OC(=O)c8ccc(OCCOCCOCCOCCOC)cc8)cc7)cc6)cn4[B]5)cc3)cc2)cc1. The summed E-state index contributed by atoms with van der Waals surface area (Å²) in [6.07, 6.45) is 7.56. The van der Waals surface area contributed by atoms with Gasteiger partial charge in [-0.25, -0.2) is 19.2 Å². The van der Waals surface area contributed by atoms with E-state index in [2.05, 4.69) is 23.7 Å². The molecule has 0 saturated heterocycles. The minimum absolute atomic E-state index is 0.260. The van der Waals surface area contributed by atoms with Gasteiger partial charge in [0.15, 0.2) is 12.4 Å². The third-order valence-electron chi connectivity index (χ3n) is 13.0. The molecular weight excluding hydrogens is 1180 g/mol. The van der Waals surface area contributed by atoms with Crippen LogP contribution in [0.4, 0.5) is 0 Å². The lowest BCUT2D eigenvalue weighted by atomic mass is 10.1. The number of esters is 4. The van der Waals surface area contributed by atoms with Gasteiger partial charge in [0, 0.05) is 25.3 Å². The van der Waals surface area contributed by atoms with E-state index in [0.717, 1.165) is 11.1 Å². The molecule has 22 nitrogen and oxygen atoms in total. The van der Waals surface area contributed by atoms with Crippen molar-refractivity contribution in [3.8, 4) is 58.2 Å². The quantitative estimate of drug-likeness (QED) is 0.0152. The topological polar surface area (TPSA) is 215 Å². The number of carbonyl (C=O) groups excluding carboxylic acids is 4. The van der Waals surface area contributed by atoms with Crippen molar-refractivity contribution in [2.75, 3.05) is 120 Å². The number of aromatic nitrogens is 4. The molecule has 9 rings (SSSR count). The van der Waals surface area contributed by atoms with Crippen LogP contribution in [0.5, 0.6) is 34.5 Å². The third-order valence-corrected chi connectivity index (χ3v) is 13.0. The lowest BCUT2D eigenvalue weighted by molar-refractivity contribution is -0.742. The molecule has 2 radical (unpaired) electrons. The molecule has 24 heteroatoms. The maximum absolute atomic E-state index is 13.0. The fourth-order valence-corrected chi connectivity index (χ4v) is 8.31. The van der Waals surface area contributed by atoms with Gasteiger partial charge >= 0.3 is 39.0 Å². The summed E-state index contributed by atoms with van der Waals surface area (Å²) in [6, 6.07) is 39.0. The monoisotopic (exact) mass is 1250 g/mol. The summed E-state index contributed by atoms with van der Waals surface area (Å²) in [6.45, 7) is 7.29. The highest BCUT2D eigenvalue weighted by Gasteiger charge is 2.40. The van der Waals surface area contributed by atoms with E-state index < -0.39 is 23.9 Å². The first-order valence-electron chi connectivity index (χ1n) is 29.3. The average Bonchev–Trinajstić information content (AvgIpc) is 1.67. The zero-order valence-corrected chi connectivity index (χ0v) is 50.8. The van der Waals surface area contributed by atoms with Crippen molar-refractivity contribution >= 4 is 39.0 Å². The number of ether oxygens (including phenoxy) is 14. The van der Waals surface area contributed by atoms with Gasteiger partial charge in [0.05, 0.1) is 127 Å². The number of fused-ring (bicyclic) bond motifs is 2. The summed E-state index contributed by atoms with van der Waals surface area (Å²) in [5.74, 6) is 12.7. The Morgan fingerprint density at radius 2 is 0.576 bits per heavy atom. The number of methoxy groups -OCH3 is 2. The molecule has 92 heavy (non-hydrogen) atoms. The fraction of sp³-hybridized carbons (Fsp3) is 0.265. The van der Waals surface area contributed by atoms with E-state index in [9.17, 15) is 19.2 Å². The second-order valence-electron chi connectivity index (χ2n) is 19.7. The predicted octanol–water partition coefficient (Wildman–Crippen LogP) is 5.87. The van der Waals surface area contributed by atoms with E-state index in [0.29, 0.717) is 151 Å². The molecule has 0 amide bonds. The first-order chi connectivity index (χ1) is 45.1. The van der Waals surface area contributed by atoms with Gasteiger partial charge in [-0.3, -0.25) is 0 Å². The average molecular weight is 1250 g/mol. The van der Waals surface area contributed by atoms with Gasteiger partial charge < -0.3 is 66.3 Å². The van der Waals surface area contributed by atoms with Gasteiger partial charge in [-0.15, -0.1) is 9.19 Å². The summed E-state index contributed by atoms with van der Waals surface area (Å²) in [5.41, 5.74) is 4.13. The Bertz CT molecular complexity index is 3500. The van der Waals surface area contributed by atoms with Crippen LogP contribution in [0.3, 0.4) is 0 Å². The number of hydrogen-bond donors (Lipinski definition) is 0. The van der Waals surface area contributed by atoms with Crippen LogP contribution in [-0.2, 0) is 37.9 Å². The molecule has 470 valence electrons. The van der Waals surface area contributed by atoms with Crippen molar-refractivity contribution in [1.29, 1.82) is 0 Å². The van der Waals surface area contributed by atoms with Gasteiger partial charge in [-0.1, -0.05) is 23.7 Å². The van der Waals surface area contributed by atoms with Crippen molar-refractivity contribution in [2.24, 2.45) is 0 Å². The van der Waals surface area contributed by atoms with E-state index in [1.807, 2.05) is 58.3 Å². The summed E-state index contributed by atoms with van der Waals surface area (Å²) >= 11 is 0. The van der Waals surface area contributed by atoms with Crippen LogP contribution in [0, 0.1) is 23.7 Å². The first-order valence-corrected chi connectivity index (χ1v) is 29.3. The minimum atomic E-state index is -0.582. The number of benzene rings is 6. The molecular formula is C68H66B2N4O18+2. The summed E-state index contributed by atoms with van der Waals surface area (Å²) in [5, 5.41) is 0. The molecule has 6 aromatic carbocycles. The van der Waals surface area contributed by atoms with Crippen molar-refractivity contribution in [3.05, 3.63) is 215 Å². The van der Waals surface area contributed by atoms with Gasteiger partial charge in [0.25, 0.3) is 0 Å². The van der Waals surface area contributed by atoms with E-state index >= 15 is 0 Å². The van der Waals surface area contributed by atoms with Crippen LogP contribution in [0.1, 0.15) is 63.7 Å². The number of carbonyl (C=O) groups is 4. The molecule has 8 aromatic rings. The van der Waals surface area contributed by atoms with E-state index in [1.165, 1.54) is 48.5 Å². The molecule has 0 unspecified atom stereocenters. The maximum Gasteiger partial charge on any atom is 1.04 e. The van der Waals surface area contributed by atoms with Crippen LogP contribution in [-0.4, -0.2) is 168 Å². The van der Waals surface area contributed by atoms with Crippen LogP contribution in [0.15, 0.2) is 170 Å². The molecule has 0 N–H and O–H groups in total. The predicted molar refractivity (Wildman–Crippen MR) is 332 cm³/mol. The van der Waals surface area contributed by atoms with Crippen LogP contribution in [0.25, 0.3) is 0 Å². The Labute approximate surface area is 533 Å². The second-order valence-corrected chi connectivity index (χ2v) is 19.7. The van der Waals surface area contributed by atoms with Crippen LogP contribution < -0.4 is 37.6 Å². The summed E-state index contributed by atoms with van der Waals surface area (Å²) in [4.78, 5) is 51.7. The Morgan fingerprint density at radius 1 is 0.326 bits per heavy atom. The zero-order valence-electron chi connectivity index (χ0n) is 50.8. The van der Waals surface area contributed by atoms with Gasteiger partial charge in [-0.2, -0.15) is 9.19 Å². The van der Waals surface area contributed by atoms with E-state index in [4.69, 9.17) is 66.3 Å². The number of hydrogen-bond acceptors (Lipinski definition) is 18. The van der Waals surface area contributed by atoms with Crippen molar-refractivity contribution < 1.29 is 94.7 Å². The van der Waals surface area contributed by atoms with Crippen LogP contribution in [0.2, 0.25) is 0 Å². The Hall–Kier alpha value is -9.85. The Kier molecular flexibility index (Phi) is 26.1. The summed E-state index contributed by atoms with van der Waals surface area (Å²) < 4.78 is 83.6. The molecule has 1 aliphatic heterocycles. The highest BCUT2D eigenvalue weighted by Crippen LogP contribution is 2.22. The maximum atomic E-state index is 13.0. The zero-order chi connectivity index (χ0) is 64.0. The standard InChI is InChI=1S/C68H66B2N4O18/c1-79-31-33-81-35-37-83-39-41-85-43-45-87-59-23-11-55(12-24-59)65(75)91-63-27-15-57(16-28-63)67(77)89-61-19-7-51(8-20-61)3-5-53-47-71-69-73-49-54(50-74(73)70-72(71)48-53)6-4-52-9-21-62(22-10-52)90-68(78)58-17-29-64(30-18-58)92-66(76)56-13-25-60(26-14-56)88-46-44-86-42-40-84-38-36-82-34-32-80-2/h7-30,47-50H,31-46H2,1-2H3/q+2. The Morgan fingerprint density at radius 3 is 0.870 bits per heavy atom. The van der Waals surface area contributed by atoms with Gasteiger partial charge in [0.1, 0.15) is 58.8 Å². The number of rotatable bonds is 34. The number of nitrogens with zero attached hydrogens (tertiary/aromatic N) is 4. The highest BCUT2D eigenvalue weighted by atomic mass is 16.6. The van der Waals surface area contributed by atoms with Crippen molar-refractivity contribution in [3.63, 3.8) is 0 Å². The Balaban J connectivity index is 0.646. The van der Waals surface area contributed by atoms with E-state index in [1.54, 1.807) is 111 Å². The third kappa shape index (κ3) is 21.7. The largest absolute Gasteiger partial charge is 1.04 e. The molecule has 0 saturated carbocycles. The molecule has 0 fully saturated rings. The molecule has 0 spiro atoms. The lowest BCUT2D eigenvalue weighted by Gasteiger charge is -2.09. The van der Waals surface area contributed by atoms with Gasteiger partial charge in [0.2, 0.25) is 0 Å². The fourth-order valence-electron chi connectivity index (χ4n) is 8.31. The molecule has 0 atom stereocenters. The van der Waals surface area contributed by atoms with Crippen LogP contribution >= 0.6 is 0 Å². The summed E-state index contributed by atoms with van der Waals surface area (Å²) in [7, 11) is 7.01. The second kappa shape index (κ2) is 36.1. The highest BCUT2D eigenvalue weighted by molar-refractivity contribution is 6.32. The lowest BCUT2D eigenvalue weighted by Crippen LogP contribution is -2.72. The molecule has 3 heterocycles. The molecule has 1 aliphatic rings. The minimum Gasteiger partial charge on any atom is -0.491 e. The normalized spacial score (nSPS) is 11.1. The first kappa shape index (κ1) is 66.6. The molecule has 2 aromatic heterocycles. The van der Waals surface area contributed by atoms with Gasteiger partial charge in [-0.05, 0) is 146 Å².